The summed E-state index contributed by atoms with van der Waals surface area (Å²) in [6.07, 6.45) is 7.19. The van der Waals surface area contributed by atoms with Crippen LogP contribution in [0.15, 0.2) is 29.2 Å². The fourth-order valence-electron chi connectivity index (χ4n) is 3.04. The van der Waals surface area contributed by atoms with Crippen LogP contribution < -0.4 is 5.11 Å². The smallest absolute Gasteiger partial charge is 0.266 e. The van der Waals surface area contributed by atoms with Gasteiger partial charge in [-0.05, 0) is 36.1 Å². The van der Waals surface area contributed by atoms with Crippen molar-refractivity contribution in [3.8, 4) is 0 Å². The maximum Gasteiger partial charge on any atom is 0.266 e. The minimum Gasteiger partial charge on any atom is -0.545 e. The fraction of sp³-hybridized carbons (Fsp3) is 0.353. The second-order valence-corrected chi connectivity index (χ2v) is 7.43. The molecule has 1 aliphatic heterocycles. The summed E-state index contributed by atoms with van der Waals surface area (Å²) in [6.45, 7) is 0. The second kappa shape index (κ2) is 6.84. The van der Waals surface area contributed by atoms with E-state index in [2.05, 4.69) is 0 Å². The summed E-state index contributed by atoms with van der Waals surface area (Å²) in [4.78, 5) is 25.9. The highest BCUT2D eigenvalue weighted by Crippen LogP contribution is 2.37. The van der Waals surface area contributed by atoms with Crippen molar-refractivity contribution in [2.24, 2.45) is 0 Å². The quantitative estimate of drug-likeness (QED) is 0.622. The van der Waals surface area contributed by atoms with Crippen LogP contribution in [-0.4, -0.2) is 27.1 Å². The molecule has 1 aromatic rings. The fourth-order valence-corrected chi connectivity index (χ4v) is 4.44. The highest BCUT2D eigenvalue weighted by atomic mass is 32.2. The van der Waals surface area contributed by atoms with E-state index in [0.717, 1.165) is 25.7 Å². The van der Waals surface area contributed by atoms with Gasteiger partial charge < -0.3 is 9.90 Å². The van der Waals surface area contributed by atoms with Crippen molar-refractivity contribution in [2.45, 2.75) is 38.1 Å². The number of carboxylic acids is 1. The zero-order chi connectivity index (χ0) is 16.4. The molecule has 4 nitrogen and oxygen atoms in total. The molecule has 1 aromatic carbocycles. The number of rotatable bonds is 3. The summed E-state index contributed by atoms with van der Waals surface area (Å²) in [7, 11) is 0. The van der Waals surface area contributed by atoms with Crippen LogP contribution in [0.4, 0.5) is 0 Å². The van der Waals surface area contributed by atoms with Crippen molar-refractivity contribution in [1.82, 2.24) is 4.90 Å². The van der Waals surface area contributed by atoms with Gasteiger partial charge in [0.25, 0.3) is 5.91 Å². The Morgan fingerprint density at radius 2 is 2.04 bits per heavy atom. The molecule has 0 spiro atoms. The van der Waals surface area contributed by atoms with Gasteiger partial charge in [0.2, 0.25) is 0 Å². The first kappa shape index (κ1) is 16.2. The Hall–Kier alpha value is -1.66. The van der Waals surface area contributed by atoms with Gasteiger partial charge in [-0.3, -0.25) is 9.69 Å². The molecule has 120 valence electrons. The first-order valence-corrected chi connectivity index (χ1v) is 8.87. The maximum atomic E-state index is 12.7. The number of carboxylic acid groups (broad SMARTS) is 1. The average molecular weight is 346 g/mol. The summed E-state index contributed by atoms with van der Waals surface area (Å²) in [5.41, 5.74) is 0.761. The van der Waals surface area contributed by atoms with Crippen LogP contribution in [0.3, 0.4) is 0 Å². The molecule has 23 heavy (non-hydrogen) atoms. The number of hydrogen-bond donors (Lipinski definition) is 0. The van der Waals surface area contributed by atoms with Crippen molar-refractivity contribution in [2.75, 3.05) is 0 Å². The molecular formula is C17H16NO3S2-. The summed E-state index contributed by atoms with van der Waals surface area (Å²) < 4.78 is 0.601. The standard InChI is InChI=1S/C17H17NO3S2/c19-15-14(10-11-5-4-6-12(9-11)16(20)21)23-17(22)18(15)13-7-2-1-3-8-13/h4-6,9-10,13H,1-3,7-8H2,(H,20,21)/p-1/b14-10-. The Bertz CT molecular complexity index is 693. The largest absolute Gasteiger partial charge is 0.545 e. The van der Waals surface area contributed by atoms with Gasteiger partial charge in [-0.1, -0.05) is 61.4 Å². The molecule has 0 N–H and O–H groups in total. The number of thiocarbonyl (C=S) groups is 1. The molecule has 2 aliphatic rings. The summed E-state index contributed by atoms with van der Waals surface area (Å²) >= 11 is 6.67. The normalized spacial score (nSPS) is 21.2. The number of benzene rings is 1. The van der Waals surface area contributed by atoms with E-state index in [-0.39, 0.29) is 17.5 Å². The predicted octanol–water partition coefficient (Wildman–Crippen LogP) is 2.58. The molecular weight excluding hydrogens is 330 g/mol. The van der Waals surface area contributed by atoms with Gasteiger partial charge in [-0.2, -0.15) is 0 Å². The lowest BCUT2D eigenvalue weighted by Crippen LogP contribution is -2.39. The van der Waals surface area contributed by atoms with Crippen molar-refractivity contribution >= 4 is 46.3 Å². The van der Waals surface area contributed by atoms with E-state index in [1.165, 1.54) is 30.3 Å². The molecule has 0 radical (unpaired) electrons. The van der Waals surface area contributed by atoms with Gasteiger partial charge in [0.1, 0.15) is 4.32 Å². The van der Waals surface area contributed by atoms with Gasteiger partial charge >= 0.3 is 0 Å². The van der Waals surface area contributed by atoms with Crippen LogP contribution in [0, 0.1) is 0 Å². The number of thioether (sulfide) groups is 1. The molecule has 0 aromatic heterocycles. The lowest BCUT2D eigenvalue weighted by atomic mass is 9.94. The van der Waals surface area contributed by atoms with Crippen molar-refractivity contribution in [3.63, 3.8) is 0 Å². The summed E-state index contributed by atoms with van der Waals surface area (Å²) in [5, 5.41) is 10.9. The molecule has 1 saturated carbocycles. The molecule has 2 fully saturated rings. The third-order valence-electron chi connectivity index (χ3n) is 4.18. The Kier molecular flexibility index (Phi) is 4.82. The van der Waals surface area contributed by atoms with E-state index >= 15 is 0 Å². The molecule has 1 heterocycles. The minimum absolute atomic E-state index is 0.0641. The topological polar surface area (TPSA) is 60.4 Å². The highest BCUT2D eigenvalue weighted by molar-refractivity contribution is 8.26. The van der Waals surface area contributed by atoms with Gasteiger partial charge in [0.15, 0.2) is 0 Å². The Morgan fingerprint density at radius 3 is 2.74 bits per heavy atom. The monoisotopic (exact) mass is 346 g/mol. The lowest BCUT2D eigenvalue weighted by molar-refractivity contribution is -0.255. The second-order valence-electron chi connectivity index (χ2n) is 5.76. The third-order valence-corrected chi connectivity index (χ3v) is 5.51. The summed E-state index contributed by atoms with van der Waals surface area (Å²) in [6, 6.07) is 6.58. The van der Waals surface area contributed by atoms with Gasteiger partial charge in [-0.15, -0.1) is 0 Å². The van der Waals surface area contributed by atoms with E-state index < -0.39 is 5.97 Å². The van der Waals surface area contributed by atoms with E-state index in [1.807, 2.05) is 0 Å². The molecule has 0 unspecified atom stereocenters. The van der Waals surface area contributed by atoms with Gasteiger partial charge in [0.05, 0.1) is 10.9 Å². The average Bonchev–Trinajstić information content (AvgIpc) is 2.82. The van der Waals surface area contributed by atoms with E-state index in [1.54, 1.807) is 23.1 Å². The van der Waals surface area contributed by atoms with Crippen molar-refractivity contribution < 1.29 is 14.7 Å². The SMILES string of the molecule is O=C([O-])c1cccc(/C=C2\SC(=S)N(C3CCCCC3)C2=O)c1. The first-order valence-electron chi connectivity index (χ1n) is 7.65. The van der Waals surface area contributed by atoms with E-state index in [4.69, 9.17) is 12.2 Å². The van der Waals surface area contributed by atoms with Crippen molar-refractivity contribution in [3.05, 3.63) is 40.3 Å². The van der Waals surface area contributed by atoms with Crippen LogP contribution in [0.2, 0.25) is 0 Å². The molecule has 0 atom stereocenters. The lowest BCUT2D eigenvalue weighted by Gasteiger charge is -2.29. The molecule has 1 saturated heterocycles. The number of carbonyl (C=O) groups excluding carboxylic acids is 2. The summed E-state index contributed by atoms with van der Waals surface area (Å²) in [5.74, 6) is -1.29. The maximum absolute atomic E-state index is 12.7. The van der Waals surface area contributed by atoms with Gasteiger partial charge in [-0.25, -0.2) is 0 Å². The number of hydrogen-bond acceptors (Lipinski definition) is 5. The molecule has 3 rings (SSSR count). The Morgan fingerprint density at radius 1 is 1.30 bits per heavy atom. The van der Waals surface area contributed by atoms with E-state index in [9.17, 15) is 14.7 Å². The number of aromatic carboxylic acids is 1. The van der Waals surface area contributed by atoms with E-state index in [0.29, 0.717) is 14.8 Å². The number of amides is 1. The molecule has 1 amide bonds. The minimum atomic E-state index is -1.23. The molecule has 0 bridgehead atoms. The molecule has 6 heteroatoms. The predicted molar refractivity (Wildman–Crippen MR) is 92.7 cm³/mol. The van der Waals surface area contributed by atoms with Crippen LogP contribution in [0.25, 0.3) is 6.08 Å². The van der Waals surface area contributed by atoms with Gasteiger partial charge in [0, 0.05) is 6.04 Å². The molecule has 1 aliphatic carbocycles. The third kappa shape index (κ3) is 3.48. The van der Waals surface area contributed by atoms with Crippen LogP contribution in [0.1, 0.15) is 48.0 Å². The Labute approximate surface area is 144 Å². The zero-order valence-electron chi connectivity index (χ0n) is 12.5. The van der Waals surface area contributed by atoms with Crippen molar-refractivity contribution in [1.29, 1.82) is 0 Å². The number of carbonyl (C=O) groups is 2. The van der Waals surface area contributed by atoms with Crippen LogP contribution >= 0.6 is 24.0 Å². The number of nitrogens with zero attached hydrogens (tertiary/aromatic N) is 1. The zero-order valence-corrected chi connectivity index (χ0v) is 14.1. The van der Waals surface area contributed by atoms with Crippen LogP contribution in [-0.2, 0) is 4.79 Å². The highest BCUT2D eigenvalue weighted by Gasteiger charge is 2.37. The Balaban J connectivity index is 1.83. The van der Waals surface area contributed by atoms with Crippen LogP contribution in [0.5, 0.6) is 0 Å². The first-order chi connectivity index (χ1) is 11.1.